The molecule has 3 aromatic rings. The highest BCUT2D eigenvalue weighted by Gasteiger charge is 2.31. The number of phenols is 1. The second-order valence-corrected chi connectivity index (χ2v) is 4.63. The highest BCUT2D eigenvalue weighted by molar-refractivity contribution is 5.76. The van der Waals surface area contributed by atoms with Gasteiger partial charge in [0.2, 0.25) is 0 Å². The number of aromatic hydroxyl groups is 1. The molecule has 0 radical (unpaired) electrons. The van der Waals surface area contributed by atoms with Gasteiger partial charge in [0.25, 0.3) is 0 Å². The first kappa shape index (κ1) is 14.2. The van der Waals surface area contributed by atoms with Crippen LogP contribution in [0.2, 0.25) is 0 Å². The molecule has 114 valence electrons. The number of fused-ring (bicyclic) bond motifs is 1. The number of pyridine rings is 1. The Morgan fingerprint density at radius 2 is 1.95 bits per heavy atom. The summed E-state index contributed by atoms with van der Waals surface area (Å²) in [7, 11) is 1.72. The topological polar surface area (TPSA) is 63.0 Å². The zero-order valence-electron chi connectivity index (χ0n) is 11.4. The highest BCUT2D eigenvalue weighted by Crippen LogP contribution is 2.34. The molecule has 3 rings (SSSR count). The highest BCUT2D eigenvalue weighted by atomic mass is 19.4. The Kier molecular flexibility index (Phi) is 3.16. The van der Waals surface area contributed by atoms with Crippen LogP contribution >= 0.6 is 0 Å². The summed E-state index contributed by atoms with van der Waals surface area (Å²) in [6.07, 6.45) is -2.92. The van der Waals surface area contributed by atoms with Crippen molar-refractivity contribution in [3.63, 3.8) is 0 Å². The van der Waals surface area contributed by atoms with Gasteiger partial charge < -0.3 is 10.4 Å². The van der Waals surface area contributed by atoms with Crippen LogP contribution in [-0.2, 0) is 6.18 Å². The fourth-order valence-electron chi connectivity index (χ4n) is 2.06. The van der Waals surface area contributed by atoms with Gasteiger partial charge in [0, 0.05) is 18.6 Å². The maximum absolute atomic E-state index is 12.6. The van der Waals surface area contributed by atoms with Crippen molar-refractivity contribution in [1.29, 1.82) is 0 Å². The normalized spacial score (nSPS) is 11.8. The van der Waals surface area contributed by atoms with Crippen molar-refractivity contribution in [3.05, 3.63) is 42.1 Å². The van der Waals surface area contributed by atoms with Crippen molar-refractivity contribution in [2.75, 3.05) is 12.4 Å². The van der Waals surface area contributed by atoms with Crippen molar-refractivity contribution in [1.82, 2.24) is 14.8 Å². The smallest absolute Gasteiger partial charge is 0.416 e. The zero-order chi connectivity index (χ0) is 15.9. The molecular weight excluding hydrogens is 297 g/mol. The van der Waals surface area contributed by atoms with Crippen LogP contribution < -0.4 is 5.32 Å². The van der Waals surface area contributed by atoms with Crippen LogP contribution in [0.25, 0.3) is 16.7 Å². The average molecular weight is 308 g/mol. The van der Waals surface area contributed by atoms with E-state index in [-0.39, 0.29) is 5.69 Å². The number of alkyl halides is 3. The molecule has 0 aliphatic heterocycles. The van der Waals surface area contributed by atoms with Crippen LogP contribution in [0.4, 0.5) is 19.0 Å². The summed E-state index contributed by atoms with van der Waals surface area (Å²) >= 11 is 0. The van der Waals surface area contributed by atoms with Gasteiger partial charge in [0.15, 0.2) is 5.65 Å². The number of aromatic nitrogens is 3. The van der Waals surface area contributed by atoms with Crippen molar-refractivity contribution < 1.29 is 18.3 Å². The summed E-state index contributed by atoms with van der Waals surface area (Å²) in [6, 6.07) is 6.27. The van der Waals surface area contributed by atoms with E-state index in [0.29, 0.717) is 22.9 Å². The lowest BCUT2D eigenvalue weighted by molar-refractivity contribution is -0.137. The van der Waals surface area contributed by atoms with E-state index in [1.54, 1.807) is 25.4 Å². The standard InChI is InChI=1S/C14H11F3N4O/c1-18-12-5-2-8-7-21(20-13(8)19-12)10-4-3-9(6-11(10)22)14(15,16)17/h2-7,22H,1H3,(H,18,19,20). The first-order chi connectivity index (χ1) is 10.4. The lowest BCUT2D eigenvalue weighted by Crippen LogP contribution is -2.05. The van der Waals surface area contributed by atoms with Gasteiger partial charge in [-0.1, -0.05) is 0 Å². The second kappa shape index (κ2) is 4.90. The lowest BCUT2D eigenvalue weighted by atomic mass is 10.2. The van der Waals surface area contributed by atoms with Gasteiger partial charge in [-0.2, -0.15) is 13.2 Å². The molecule has 0 saturated heterocycles. The summed E-state index contributed by atoms with van der Waals surface area (Å²) in [5.41, 5.74) is -0.343. The Labute approximate surface area is 123 Å². The molecular formula is C14H11F3N4O. The minimum atomic E-state index is -4.51. The number of phenolic OH excluding ortho intramolecular Hbond substituents is 1. The maximum atomic E-state index is 12.6. The average Bonchev–Trinajstić information content (AvgIpc) is 2.88. The van der Waals surface area contributed by atoms with Gasteiger partial charge >= 0.3 is 6.18 Å². The minimum absolute atomic E-state index is 0.150. The zero-order valence-corrected chi connectivity index (χ0v) is 11.4. The predicted molar refractivity (Wildman–Crippen MR) is 75.1 cm³/mol. The number of rotatable bonds is 2. The second-order valence-electron chi connectivity index (χ2n) is 4.63. The molecule has 0 aliphatic carbocycles. The number of benzene rings is 1. The Bertz CT molecular complexity index is 842. The van der Waals surface area contributed by atoms with Gasteiger partial charge in [0.05, 0.1) is 5.56 Å². The van der Waals surface area contributed by atoms with E-state index in [0.717, 1.165) is 6.07 Å². The Morgan fingerprint density at radius 1 is 1.18 bits per heavy atom. The molecule has 0 bridgehead atoms. The lowest BCUT2D eigenvalue weighted by Gasteiger charge is -2.09. The van der Waals surface area contributed by atoms with E-state index in [4.69, 9.17) is 0 Å². The summed E-state index contributed by atoms with van der Waals surface area (Å²) in [5, 5.41) is 17.6. The third-order valence-electron chi connectivity index (χ3n) is 3.17. The molecule has 0 unspecified atom stereocenters. The van der Waals surface area contributed by atoms with E-state index in [2.05, 4.69) is 15.4 Å². The number of hydrogen-bond donors (Lipinski definition) is 2. The molecule has 5 nitrogen and oxygen atoms in total. The molecule has 22 heavy (non-hydrogen) atoms. The monoisotopic (exact) mass is 308 g/mol. The number of nitrogens with one attached hydrogen (secondary N) is 1. The first-order valence-corrected chi connectivity index (χ1v) is 6.33. The van der Waals surface area contributed by atoms with Crippen molar-refractivity contribution in [2.24, 2.45) is 0 Å². The van der Waals surface area contributed by atoms with E-state index in [9.17, 15) is 18.3 Å². The number of nitrogens with zero attached hydrogens (tertiary/aromatic N) is 3. The quantitative estimate of drug-likeness (QED) is 0.763. The predicted octanol–water partition coefficient (Wildman–Crippen LogP) is 3.19. The molecule has 8 heteroatoms. The van der Waals surface area contributed by atoms with Gasteiger partial charge in [-0.3, -0.25) is 0 Å². The van der Waals surface area contributed by atoms with Crippen molar-refractivity contribution in [3.8, 4) is 11.4 Å². The number of halogens is 3. The van der Waals surface area contributed by atoms with Crippen molar-refractivity contribution >= 4 is 16.9 Å². The van der Waals surface area contributed by atoms with Crippen LogP contribution in [-0.4, -0.2) is 26.9 Å². The van der Waals surface area contributed by atoms with E-state index in [1.807, 2.05) is 0 Å². The molecule has 0 fully saturated rings. The molecule has 0 amide bonds. The summed E-state index contributed by atoms with van der Waals surface area (Å²) < 4.78 is 39.1. The molecule has 0 atom stereocenters. The van der Waals surface area contributed by atoms with Gasteiger partial charge in [-0.25, -0.2) is 9.67 Å². The fourth-order valence-corrected chi connectivity index (χ4v) is 2.06. The molecule has 2 heterocycles. The third-order valence-corrected chi connectivity index (χ3v) is 3.17. The summed E-state index contributed by atoms with van der Waals surface area (Å²) in [5.74, 6) is 0.117. The number of anilines is 1. The van der Waals surface area contributed by atoms with Gasteiger partial charge in [-0.15, -0.1) is 5.10 Å². The Morgan fingerprint density at radius 3 is 2.59 bits per heavy atom. The van der Waals surface area contributed by atoms with Crippen LogP contribution in [0.1, 0.15) is 5.56 Å². The largest absolute Gasteiger partial charge is 0.506 e. The Hall–Kier alpha value is -2.77. The van der Waals surface area contributed by atoms with Crippen LogP contribution in [0.3, 0.4) is 0 Å². The van der Waals surface area contributed by atoms with E-state index >= 15 is 0 Å². The van der Waals surface area contributed by atoms with Gasteiger partial charge in [-0.05, 0) is 30.3 Å². The molecule has 2 N–H and O–H groups in total. The minimum Gasteiger partial charge on any atom is -0.506 e. The summed E-state index contributed by atoms with van der Waals surface area (Å²) in [4.78, 5) is 4.22. The first-order valence-electron chi connectivity index (χ1n) is 6.33. The van der Waals surface area contributed by atoms with Gasteiger partial charge in [0.1, 0.15) is 17.3 Å². The van der Waals surface area contributed by atoms with E-state index < -0.39 is 17.5 Å². The molecule has 0 aliphatic rings. The molecule has 2 aromatic heterocycles. The molecule has 0 saturated carbocycles. The molecule has 0 spiro atoms. The SMILES string of the molecule is CNc1ccc2cn(-c3ccc(C(F)(F)F)cc3O)nc2n1. The summed E-state index contributed by atoms with van der Waals surface area (Å²) in [6.45, 7) is 0. The fraction of sp³-hybridized carbons (Fsp3) is 0.143. The number of hydrogen-bond acceptors (Lipinski definition) is 4. The van der Waals surface area contributed by atoms with E-state index in [1.165, 1.54) is 10.7 Å². The van der Waals surface area contributed by atoms with Crippen LogP contribution in [0.15, 0.2) is 36.5 Å². The third kappa shape index (κ3) is 2.43. The van der Waals surface area contributed by atoms with Crippen LogP contribution in [0, 0.1) is 0 Å². The maximum Gasteiger partial charge on any atom is 0.416 e. The van der Waals surface area contributed by atoms with Crippen LogP contribution in [0.5, 0.6) is 5.75 Å². The van der Waals surface area contributed by atoms with Crippen molar-refractivity contribution in [2.45, 2.75) is 6.18 Å². The molecule has 1 aromatic carbocycles. The Balaban J connectivity index is 2.07.